The van der Waals surface area contributed by atoms with Gasteiger partial charge in [0.1, 0.15) is 6.04 Å². The van der Waals surface area contributed by atoms with Crippen LogP contribution in [-0.4, -0.2) is 35.7 Å². The molecule has 1 aliphatic rings. The first-order valence-electron chi connectivity index (χ1n) is 6.06. The molecule has 0 radical (unpaired) electrons. The van der Waals surface area contributed by atoms with Crippen LogP contribution in [-0.2, 0) is 14.3 Å². The first-order chi connectivity index (χ1) is 7.91. The SMILES string of the molecule is CC1CC(C(=O)NC(C(=O)O)C(C)C)CCO1. The minimum atomic E-state index is -0.978. The van der Waals surface area contributed by atoms with E-state index in [2.05, 4.69) is 5.32 Å². The van der Waals surface area contributed by atoms with Crippen molar-refractivity contribution in [1.29, 1.82) is 0 Å². The molecule has 0 aromatic carbocycles. The van der Waals surface area contributed by atoms with E-state index >= 15 is 0 Å². The summed E-state index contributed by atoms with van der Waals surface area (Å²) in [5, 5.41) is 11.6. The fourth-order valence-electron chi connectivity index (χ4n) is 2.02. The highest BCUT2D eigenvalue weighted by Gasteiger charge is 2.30. The summed E-state index contributed by atoms with van der Waals surface area (Å²) in [5.74, 6) is -1.39. The maximum Gasteiger partial charge on any atom is 0.326 e. The molecule has 0 spiro atoms. The fraction of sp³-hybridized carbons (Fsp3) is 0.833. The number of hydrogen-bond acceptors (Lipinski definition) is 3. The Morgan fingerprint density at radius 2 is 2.06 bits per heavy atom. The third kappa shape index (κ3) is 4.00. The van der Waals surface area contributed by atoms with Gasteiger partial charge < -0.3 is 15.2 Å². The van der Waals surface area contributed by atoms with Crippen molar-refractivity contribution in [3.8, 4) is 0 Å². The molecule has 0 aromatic rings. The van der Waals surface area contributed by atoms with Crippen molar-refractivity contribution in [2.45, 2.75) is 45.8 Å². The molecule has 1 aliphatic heterocycles. The van der Waals surface area contributed by atoms with Crippen LogP contribution >= 0.6 is 0 Å². The van der Waals surface area contributed by atoms with E-state index in [0.29, 0.717) is 19.4 Å². The van der Waals surface area contributed by atoms with E-state index in [1.54, 1.807) is 13.8 Å². The predicted octanol–water partition coefficient (Wildman–Crippen LogP) is 1.03. The molecule has 1 amide bonds. The van der Waals surface area contributed by atoms with Crippen LogP contribution in [0.2, 0.25) is 0 Å². The molecule has 2 N–H and O–H groups in total. The molecule has 3 unspecified atom stereocenters. The van der Waals surface area contributed by atoms with Gasteiger partial charge in [0.05, 0.1) is 6.10 Å². The van der Waals surface area contributed by atoms with Crippen molar-refractivity contribution in [3.63, 3.8) is 0 Å². The van der Waals surface area contributed by atoms with Gasteiger partial charge >= 0.3 is 5.97 Å². The van der Waals surface area contributed by atoms with Gasteiger partial charge in [-0.15, -0.1) is 0 Å². The number of ether oxygens (including phenoxy) is 1. The number of rotatable bonds is 4. The highest BCUT2D eigenvalue weighted by Crippen LogP contribution is 2.20. The molecule has 0 bridgehead atoms. The van der Waals surface area contributed by atoms with Gasteiger partial charge in [0.15, 0.2) is 0 Å². The van der Waals surface area contributed by atoms with Gasteiger partial charge in [-0.1, -0.05) is 13.8 Å². The van der Waals surface area contributed by atoms with Gasteiger partial charge in [-0.05, 0) is 25.7 Å². The number of carboxylic acid groups (broad SMARTS) is 1. The molecule has 17 heavy (non-hydrogen) atoms. The quantitative estimate of drug-likeness (QED) is 0.773. The van der Waals surface area contributed by atoms with Crippen LogP contribution in [0.15, 0.2) is 0 Å². The Kier molecular flexibility index (Phi) is 4.93. The topological polar surface area (TPSA) is 75.6 Å². The normalized spacial score (nSPS) is 26.6. The molecule has 0 aliphatic carbocycles. The van der Waals surface area contributed by atoms with Gasteiger partial charge in [-0.3, -0.25) is 4.79 Å². The molecule has 1 saturated heterocycles. The van der Waals surface area contributed by atoms with Crippen LogP contribution in [0.4, 0.5) is 0 Å². The lowest BCUT2D eigenvalue weighted by Gasteiger charge is -2.28. The Labute approximate surface area is 102 Å². The molecule has 3 atom stereocenters. The number of carboxylic acids is 1. The molecule has 5 nitrogen and oxygen atoms in total. The summed E-state index contributed by atoms with van der Waals surface area (Å²) in [7, 11) is 0. The Balaban J connectivity index is 2.54. The summed E-state index contributed by atoms with van der Waals surface area (Å²) >= 11 is 0. The minimum Gasteiger partial charge on any atom is -0.480 e. The second-order valence-corrected chi connectivity index (χ2v) is 4.97. The summed E-state index contributed by atoms with van der Waals surface area (Å²) in [5.41, 5.74) is 0. The highest BCUT2D eigenvalue weighted by molar-refractivity contribution is 5.85. The number of carbonyl (C=O) groups is 2. The summed E-state index contributed by atoms with van der Waals surface area (Å²) < 4.78 is 5.36. The second kappa shape index (κ2) is 6.00. The largest absolute Gasteiger partial charge is 0.480 e. The van der Waals surface area contributed by atoms with E-state index in [9.17, 15) is 9.59 Å². The molecule has 1 heterocycles. The third-order valence-electron chi connectivity index (χ3n) is 3.09. The van der Waals surface area contributed by atoms with Crippen LogP contribution in [0.5, 0.6) is 0 Å². The standard InChI is InChI=1S/C12H21NO4/c1-7(2)10(12(15)16)13-11(14)9-4-5-17-8(3)6-9/h7-10H,4-6H2,1-3H3,(H,13,14)(H,15,16). The van der Waals surface area contributed by atoms with Gasteiger partial charge in [0.25, 0.3) is 0 Å². The molecule has 0 saturated carbocycles. The molecular weight excluding hydrogens is 222 g/mol. The van der Waals surface area contributed by atoms with Gasteiger partial charge in [-0.25, -0.2) is 4.79 Å². The second-order valence-electron chi connectivity index (χ2n) is 4.97. The molecule has 0 aromatic heterocycles. The zero-order chi connectivity index (χ0) is 13.0. The van der Waals surface area contributed by atoms with Gasteiger partial charge in [0.2, 0.25) is 5.91 Å². The molecule has 5 heteroatoms. The van der Waals surface area contributed by atoms with E-state index in [-0.39, 0.29) is 23.8 Å². The van der Waals surface area contributed by atoms with Crippen LogP contribution < -0.4 is 5.32 Å². The zero-order valence-electron chi connectivity index (χ0n) is 10.6. The Morgan fingerprint density at radius 3 is 2.53 bits per heavy atom. The first kappa shape index (κ1) is 14.0. The summed E-state index contributed by atoms with van der Waals surface area (Å²) in [6.07, 6.45) is 1.40. The molecule has 1 fully saturated rings. The van der Waals surface area contributed by atoms with Crippen molar-refractivity contribution in [3.05, 3.63) is 0 Å². The van der Waals surface area contributed by atoms with Crippen molar-refractivity contribution in [2.24, 2.45) is 11.8 Å². The molecular formula is C12H21NO4. The highest BCUT2D eigenvalue weighted by atomic mass is 16.5. The van der Waals surface area contributed by atoms with Crippen molar-refractivity contribution >= 4 is 11.9 Å². The number of amides is 1. The smallest absolute Gasteiger partial charge is 0.326 e. The molecule has 1 rings (SSSR count). The Morgan fingerprint density at radius 1 is 1.41 bits per heavy atom. The van der Waals surface area contributed by atoms with Crippen LogP contribution in [0.25, 0.3) is 0 Å². The van der Waals surface area contributed by atoms with E-state index < -0.39 is 12.0 Å². The maximum atomic E-state index is 11.9. The monoisotopic (exact) mass is 243 g/mol. The number of nitrogens with one attached hydrogen (secondary N) is 1. The zero-order valence-corrected chi connectivity index (χ0v) is 10.6. The lowest BCUT2D eigenvalue weighted by Crippen LogP contribution is -2.48. The lowest BCUT2D eigenvalue weighted by molar-refractivity contribution is -0.144. The first-order valence-corrected chi connectivity index (χ1v) is 6.06. The van der Waals surface area contributed by atoms with E-state index in [1.165, 1.54) is 0 Å². The summed E-state index contributed by atoms with van der Waals surface area (Å²) in [6, 6.07) is -0.805. The summed E-state index contributed by atoms with van der Waals surface area (Å²) in [4.78, 5) is 22.9. The van der Waals surface area contributed by atoms with E-state index in [0.717, 1.165) is 0 Å². The number of hydrogen-bond donors (Lipinski definition) is 2. The Bertz CT molecular complexity index is 290. The third-order valence-corrected chi connectivity index (χ3v) is 3.09. The van der Waals surface area contributed by atoms with E-state index in [1.807, 2.05) is 6.92 Å². The van der Waals surface area contributed by atoms with E-state index in [4.69, 9.17) is 9.84 Å². The van der Waals surface area contributed by atoms with Crippen molar-refractivity contribution < 1.29 is 19.4 Å². The number of aliphatic carboxylic acids is 1. The fourth-order valence-corrected chi connectivity index (χ4v) is 2.02. The van der Waals surface area contributed by atoms with Crippen LogP contribution in [0, 0.1) is 11.8 Å². The molecule has 98 valence electrons. The average Bonchev–Trinajstić information content (AvgIpc) is 2.24. The van der Waals surface area contributed by atoms with Crippen molar-refractivity contribution in [2.75, 3.05) is 6.61 Å². The summed E-state index contributed by atoms with van der Waals surface area (Å²) in [6.45, 7) is 6.06. The minimum absolute atomic E-state index is 0.0711. The van der Waals surface area contributed by atoms with Gasteiger partial charge in [-0.2, -0.15) is 0 Å². The predicted molar refractivity (Wildman–Crippen MR) is 62.5 cm³/mol. The van der Waals surface area contributed by atoms with Crippen LogP contribution in [0.3, 0.4) is 0 Å². The lowest BCUT2D eigenvalue weighted by atomic mass is 9.94. The van der Waals surface area contributed by atoms with Gasteiger partial charge in [0, 0.05) is 12.5 Å². The average molecular weight is 243 g/mol. The maximum absolute atomic E-state index is 11.9. The number of carbonyl (C=O) groups excluding carboxylic acids is 1. The van der Waals surface area contributed by atoms with Crippen molar-refractivity contribution in [1.82, 2.24) is 5.32 Å². The Hall–Kier alpha value is -1.10. The van der Waals surface area contributed by atoms with Crippen LogP contribution in [0.1, 0.15) is 33.6 Å².